The smallest absolute Gasteiger partial charge is 0.252 e. The van der Waals surface area contributed by atoms with Gasteiger partial charge in [0.25, 0.3) is 5.91 Å². The number of H-pyrrole nitrogens is 3. The van der Waals surface area contributed by atoms with Crippen LogP contribution in [0.25, 0.3) is 0 Å². The van der Waals surface area contributed by atoms with Gasteiger partial charge in [-0.2, -0.15) is 0 Å². The first-order valence-corrected chi connectivity index (χ1v) is 12.3. The van der Waals surface area contributed by atoms with Gasteiger partial charge in [-0.05, 0) is 18.2 Å². The molecule has 3 atom stereocenters. The van der Waals surface area contributed by atoms with E-state index in [1.807, 2.05) is 0 Å². The summed E-state index contributed by atoms with van der Waals surface area (Å²) < 4.78 is 0. The van der Waals surface area contributed by atoms with Crippen LogP contribution in [0.15, 0.2) is 55.8 Å². The Balaban J connectivity index is 1.52. The molecule has 0 aliphatic rings. The number of hydrogen-bond donors (Lipinski definition) is 8. The molecule has 0 saturated carbocycles. The molecule has 40 heavy (non-hydrogen) atoms. The van der Waals surface area contributed by atoms with Gasteiger partial charge in [0.1, 0.15) is 18.4 Å². The minimum Gasteiger partial charge on any atom is -0.397 e. The maximum atomic E-state index is 13.5. The van der Waals surface area contributed by atoms with E-state index in [2.05, 4.69) is 45.9 Å². The summed E-state index contributed by atoms with van der Waals surface area (Å²) in [7, 11) is 0. The monoisotopic (exact) mass is 547 g/mol. The summed E-state index contributed by atoms with van der Waals surface area (Å²) in [6.45, 7) is 0. The zero-order valence-corrected chi connectivity index (χ0v) is 21.3. The first kappa shape index (κ1) is 27.6. The van der Waals surface area contributed by atoms with Crippen LogP contribution in [-0.2, 0) is 33.6 Å². The fraction of sp³-hybridized carbons (Fsp3) is 0.240. The van der Waals surface area contributed by atoms with Crippen molar-refractivity contribution in [2.45, 2.75) is 37.4 Å². The van der Waals surface area contributed by atoms with Crippen LogP contribution < -0.4 is 27.4 Å². The molecule has 0 spiro atoms. The average molecular weight is 548 g/mol. The molecule has 3 heterocycles. The Hall–Kier alpha value is -5.47. The van der Waals surface area contributed by atoms with Gasteiger partial charge in [0.15, 0.2) is 0 Å². The van der Waals surface area contributed by atoms with Crippen LogP contribution in [0, 0.1) is 0 Å². The van der Waals surface area contributed by atoms with Crippen LogP contribution >= 0.6 is 0 Å². The highest BCUT2D eigenvalue weighted by Crippen LogP contribution is 2.16. The van der Waals surface area contributed by atoms with Crippen LogP contribution in [0.4, 0.5) is 11.4 Å². The predicted molar refractivity (Wildman–Crippen MR) is 143 cm³/mol. The highest BCUT2D eigenvalue weighted by atomic mass is 16.2. The maximum absolute atomic E-state index is 13.5. The number of amides is 3. The normalized spacial score (nSPS) is 13.1. The van der Waals surface area contributed by atoms with Gasteiger partial charge in [-0.1, -0.05) is 0 Å². The van der Waals surface area contributed by atoms with Crippen molar-refractivity contribution in [3.05, 3.63) is 78.4 Å². The largest absolute Gasteiger partial charge is 0.397 e. The molecule has 0 bridgehead atoms. The summed E-state index contributed by atoms with van der Waals surface area (Å²) in [4.78, 5) is 72.0. The number of rotatable bonds is 13. The third kappa shape index (κ3) is 7.31. The number of anilines is 2. The van der Waals surface area contributed by atoms with E-state index in [9.17, 15) is 19.2 Å². The van der Waals surface area contributed by atoms with Crippen LogP contribution in [0.1, 0.15) is 27.4 Å². The number of nitrogens with zero attached hydrogens (tertiary/aromatic N) is 3. The summed E-state index contributed by atoms with van der Waals surface area (Å²) in [6.07, 6.45) is 9.83. The van der Waals surface area contributed by atoms with Crippen molar-refractivity contribution in [1.82, 2.24) is 45.9 Å². The number of carbonyl (C=O) groups excluding carboxylic acids is 4. The number of aromatic nitrogens is 6. The molecule has 1 unspecified atom stereocenters. The Morgan fingerprint density at radius 3 is 1.77 bits per heavy atom. The van der Waals surface area contributed by atoms with Crippen LogP contribution in [0.3, 0.4) is 0 Å². The van der Waals surface area contributed by atoms with Gasteiger partial charge >= 0.3 is 0 Å². The lowest BCUT2D eigenvalue weighted by atomic mass is 10.1. The summed E-state index contributed by atoms with van der Waals surface area (Å²) in [5.74, 6) is -1.80. The van der Waals surface area contributed by atoms with Gasteiger partial charge in [-0.3, -0.25) is 14.4 Å². The first-order valence-electron chi connectivity index (χ1n) is 12.3. The lowest BCUT2D eigenvalue weighted by Crippen LogP contribution is -2.56. The van der Waals surface area contributed by atoms with Crippen molar-refractivity contribution in [2.24, 2.45) is 0 Å². The fourth-order valence-electron chi connectivity index (χ4n) is 3.93. The summed E-state index contributed by atoms with van der Waals surface area (Å²) in [5.41, 5.74) is 14.1. The van der Waals surface area contributed by atoms with E-state index in [-0.39, 0.29) is 30.5 Å². The number of aromatic amines is 3. The second-order valence-electron chi connectivity index (χ2n) is 9.02. The Morgan fingerprint density at radius 1 is 0.750 bits per heavy atom. The fourth-order valence-corrected chi connectivity index (χ4v) is 3.93. The molecule has 208 valence electrons. The first-order chi connectivity index (χ1) is 19.3. The Morgan fingerprint density at radius 2 is 1.27 bits per heavy atom. The number of benzene rings is 1. The summed E-state index contributed by atoms with van der Waals surface area (Å²) >= 11 is 0. The standard InChI is InChI=1S/C25H29N11O4/c26-19-2-1-14(3-20(19)27)23(38)35-22(6-17-9-30-13-33-17)25(40)36-21(5-16-8-29-12-32-16)24(39)34-18(10-37)4-15-7-28-11-31-15/h1-3,7-13,18,21-22H,4-6,26-27H2,(H,28,31)(H,29,32)(H,30,33)(H,34,39)(H,35,38)(H,36,40)/t18?,21-,22-/m0/s1. The molecule has 0 aliphatic carbocycles. The Kier molecular flexibility index (Phi) is 8.86. The summed E-state index contributed by atoms with van der Waals surface area (Å²) in [5, 5.41) is 8.05. The van der Waals surface area contributed by atoms with E-state index in [1.54, 1.807) is 6.20 Å². The second kappa shape index (κ2) is 12.9. The van der Waals surface area contributed by atoms with Crippen LogP contribution in [0.2, 0.25) is 0 Å². The zero-order chi connectivity index (χ0) is 28.5. The number of aldehydes is 1. The lowest BCUT2D eigenvalue weighted by molar-refractivity contribution is -0.130. The van der Waals surface area contributed by atoms with E-state index < -0.39 is 35.8 Å². The Bertz CT molecular complexity index is 1420. The molecule has 10 N–H and O–H groups in total. The quantitative estimate of drug-likeness (QED) is 0.0756. The van der Waals surface area contributed by atoms with Gasteiger partial charge in [-0.15, -0.1) is 0 Å². The van der Waals surface area contributed by atoms with Crippen molar-refractivity contribution in [3.8, 4) is 0 Å². The van der Waals surface area contributed by atoms with Crippen molar-refractivity contribution in [2.75, 3.05) is 11.5 Å². The minimum absolute atomic E-state index is 0.0480. The molecular formula is C25H29N11O4. The molecule has 3 amide bonds. The summed E-state index contributed by atoms with van der Waals surface area (Å²) in [6, 6.07) is 1.31. The molecule has 4 rings (SSSR count). The molecular weight excluding hydrogens is 518 g/mol. The maximum Gasteiger partial charge on any atom is 0.252 e. The van der Waals surface area contributed by atoms with Crippen molar-refractivity contribution >= 4 is 35.4 Å². The molecule has 3 aromatic heterocycles. The third-order valence-corrected chi connectivity index (χ3v) is 6.05. The van der Waals surface area contributed by atoms with Crippen molar-refractivity contribution in [3.63, 3.8) is 0 Å². The Labute approximate surface area is 228 Å². The third-order valence-electron chi connectivity index (χ3n) is 6.05. The van der Waals surface area contributed by atoms with Gasteiger partial charge < -0.3 is 47.2 Å². The van der Waals surface area contributed by atoms with Gasteiger partial charge in [-0.25, -0.2) is 15.0 Å². The molecule has 15 heteroatoms. The number of imidazole rings is 3. The number of hydrogen-bond acceptors (Lipinski definition) is 9. The topological polar surface area (TPSA) is 242 Å². The molecule has 0 fully saturated rings. The van der Waals surface area contributed by atoms with Gasteiger partial charge in [0.2, 0.25) is 11.8 Å². The molecule has 15 nitrogen and oxygen atoms in total. The molecule has 0 saturated heterocycles. The average Bonchev–Trinajstić information content (AvgIpc) is 3.73. The van der Waals surface area contributed by atoms with Crippen molar-refractivity contribution < 1.29 is 19.2 Å². The number of nitrogen functional groups attached to an aromatic ring is 2. The number of nitrogens with one attached hydrogen (secondary N) is 6. The van der Waals surface area contributed by atoms with Crippen LogP contribution in [0.5, 0.6) is 0 Å². The molecule has 0 radical (unpaired) electrons. The zero-order valence-electron chi connectivity index (χ0n) is 21.3. The molecule has 4 aromatic rings. The highest BCUT2D eigenvalue weighted by Gasteiger charge is 2.29. The van der Waals surface area contributed by atoms with E-state index in [4.69, 9.17) is 11.5 Å². The lowest BCUT2D eigenvalue weighted by Gasteiger charge is -2.24. The predicted octanol–water partition coefficient (Wildman–Crippen LogP) is -0.985. The highest BCUT2D eigenvalue weighted by molar-refractivity contribution is 5.99. The van der Waals surface area contributed by atoms with Gasteiger partial charge in [0.05, 0.1) is 36.4 Å². The minimum atomic E-state index is -1.11. The molecule has 0 aliphatic heterocycles. The van der Waals surface area contributed by atoms with Crippen LogP contribution in [-0.4, -0.2) is 72.0 Å². The van der Waals surface area contributed by atoms with E-state index >= 15 is 0 Å². The van der Waals surface area contributed by atoms with Crippen molar-refractivity contribution in [1.29, 1.82) is 0 Å². The van der Waals surface area contributed by atoms with E-state index in [0.717, 1.165) is 0 Å². The van der Waals surface area contributed by atoms with E-state index in [0.29, 0.717) is 29.1 Å². The molecule has 1 aromatic carbocycles. The van der Waals surface area contributed by atoms with Gasteiger partial charge in [0, 0.05) is 60.5 Å². The number of nitrogens with two attached hydrogens (primary N) is 2. The SMILES string of the molecule is Nc1ccc(C(=O)N[C@@H](Cc2cnc[nH]2)C(=O)N[C@@H](Cc2cnc[nH]2)C(=O)NC(C=O)Cc2cnc[nH]2)cc1N. The van der Waals surface area contributed by atoms with E-state index in [1.165, 1.54) is 49.6 Å². The second-order valence-corrected chi connectivity index (χ2v) is 9.02. The number of carbonyl (C=O) groups is 4.